The fraction of sp³-hybridized carbons (Fsp3) is 0.667. The summed E-state index contributed by atoms with van der Waals surface area (Å²) < 4.78 is 6.20. The van der Waals surface area contributed by atoms with E-state index in [0.717, 1.165) is 37.8 Å². The highest BCUT2D eigenvalue weighted by molar-refractivity contribution is 5.91. The number of ether oxygens (including phenoxy) is 1. The average Bonchev–Trinajstić information content (AvgIpc) is 3.10. The number of aliphatic carboxylic acids is 1. The van der Waals surface area contributed by atoms with Gasteiger partial charge in [-0.1, -0.05) is 43.6 Å². The van der Waals surface area contributed by atoms with Crippen molar-refractivity contribution >= 4 is 17.7 Å². The normalized spacial score (nSPS) is 45.2. The quantitative estimate of drug-likeness (QED) is 0.356. The highest BCUT2D eigenvalue weighted by Gasteiger charge is 2.73. The van der Waals surface area contributed by atoms with E-state index >= 15 is 0 Å². The van der Waals surface area contributed by atoms with E-state index in [2.05, 4.69) is 19.0 Å². The maximum absolute atomic E-state index is 13.1. The average molecular weight is 454 g/mol. The molecule has 1 aromatic carbocycles. The molecule has 0 aromatic heterocycles. The van der Waals surface area contributed by atoms with E-state index in [1.54, 1.807) is 12.1 Å². The van der Waals surface area contributed by atoms with Crippen LogP contribution in [-0.2, 0) is 9.53 Å². The fourth-order valence-corrected chi connectivity index (χ4v) is 8.83. The zero-order chi connectivity index (χ0) is 23.6. The third-order valence-electron chi connectivity index (χ3n) is 10.4. The summed E-state index contributed by atoms with van der Waals surface area (Å²) in [5.74, 6) is -1.22. The van der Waals surface area contributed by atoms with Crippen LogP contribution in [0.4, 0.5) is 0 Å². The van der Waals surface area contributed by atoms with Crippen LogP contribution in [0.15, 0.2) is 35.5 Å². The topological polar surface area (TPSA) is 96.2 Å². The van der Waals surface area contributed by atoms with Gasteiger partial charge in [-0.2, -0.15) is 0 Å². The van der Waals surface area contributed by atoms with Gasteiger partial charge in [0, 0.05) is 11.3 Å². The maximum atomic E-state index is 13.1. The van der Waals surface area contributed by atoms with Gasteiger partial charge in [0.05, 0.1) is 16.7 Å². The lowest BCUT2D eigenvalue weighted by Gasteiger charge is -2.67. The van der Waals surface area contributed by atoms with E-state index in [4.69, 9.17) is 4.74 Å². The van der Waals surface area contributed by atoms with Crippen molar-refractivity contribution in [2.24, 2.45) is 38.7 Å². The van der Waals surface area contributed by atoms with Gasteiger partial charge in [-0.25, -0.2) is 4.79 Å². The number of hydrogen-bond acceptors (Lipinski definition) is 5. The highest BCUT2D eigenvalue weighted by atomic mass is 16.5. The second kappa shape index (κ2) is 7.31. The van der Waals surface area contributed by atoms with E-state index in [1.807, 2.05) is 25.1 Å². The van der Waals surface area contributed by atoms with Gasteiger partial charge < -0.3 is 15.1 Å². The molecule has 0 amide bonds. The molecule has 0 aliphatic heterocycles. The van der Waals surface area contributed by atoms with Gasteiger partial charge in [0.15, 0.2) is 0 Å². The number of fused-ring (bicyclic) bond motifs is 2. The lowest BCUT2D eigenvalue weighted by molar-refractivity contribution is -0.220. The molecule has 4 fully saturated rings. The van der Waals surface area contributed by atoms with Crippen molar-refractivity contribution in [3.8, 4) is 0 Å². The van der Waals surface area contributed by atoms with Crippen LogP contribution in [-0.4, -0.2) is 34.1 Å². The second-order valence-electron chi connectivity index (χ2n) is 11.9. The smallest absolute Gasteiger partial charge is 0.338 e. The first kappa shape index (κ1) is 22.4. The van der Waals surface area contributed by atoms with E-state index < -0.39 is 17.5 Å². The van der Waals surface area contributed by atoms with Gasteiger partial charge in [-0.05, 0) is 80.8 Å². The molecule has 1 spiro atoms. The van der Waals surface area contributed by atoms with Gasteiger partial charge in [0.25, 0.3) is 0 Å². The van der Waals surface area contributed by atoms with Crippen LogP contribution in [0.1, 0.15) is 82.5 Å². The Bertz CT molecular complexity index is 1010. The monoisotopic (exact) mass is 453 g/mol. The van der Waals surface area contributed by atoms with Crippen LogP contribution in [0, 0.1) is 33.5 Å². The Morgan fingerprint density at radius 2 is 1.79 bits per heavy atom. The number of carboxylic acid groups (broad SMARTS) is 1. The van der Waals surface area contributed by atoms with Crippen molar-refractivity contribution in [1.29, 1.82) is 0 Å². The van der Waals surface area contributed by atoms with Crippen molar-refractivity contribution in [1.82, 2.24) is 0 Å². The molecule has 5 rings (SSSR count). The van der Waals surface area contributed by atoms with Gasteiger partial charge in [0.2, 0.25) is 0 Å². The van der Waals surface area contributed by atoms with Crippen molar-refractivity contribution in [3.63, 3.8) is 0 Å². The fourth-order valence-electron chi connectivity index (χ4n) is 8.83. The third-order valence-corrected chi connectivity index (χ3v) is 10.4. The van der Waals surface area contributed by atoms with Crippen molar-refractivity contribution < 1.29 is 24.6 Å². The molecule has 7 atom stereocenters. The molecule has 0 unspecified atom stereocenters. The van der Waals surface area contributed by atoms with Crippen LogP contribution in [0.5, 0.6) is 0 Å². The Labute approximate surface area is 195 Å². The van der Waals surface area contributed by atoms with E-state index in [0.29, 0.717) is 24.8 Å². The number of rotatable bonds is 3. The van der Waals surface area contributed by atoms with Crippen LogP contribution in [0.25, 0.3) is 0 Å². The van der Waals surface area contributed by atoms with Crippen LogP contribution in [0.3, 0.4) is 0 Å². The molecular formula is C27H35NO5. The molecule has 33 heavy (non-hydrogen) atoms. The lowest BCUT2D eigenvalue weighted by Crippen LogP contribution is -2.66. The van der Waals surface area contributed by atoms with Gasteiger partial charge >= 0.3 is 11.9 Å². The summed E-state index contributed by atoms with van der Waals surface area (Å²) in [6, 6.07) is 8.95. The Hall–Kier alpha value is -2.37. The molecule has 2 N–H and O–H groups in total. The molecule has 2 bridgehead atoms. The van der Waals surface area contributed by atoms with E-state index in [-0.39, 0.29) is 34.1 Å². The Balaban J connectivity index is 1.60. The SMILES string of the molecule is C[C@@]12CC[C@]3(C1)[C@H](C/C2=N/O)C[C@@H](OC(=O)c1ccccc1)[C@H]1[C@](C)(C(=O)O)CCC[C@@]13C. The molecule has 4 aliphatic carbocycles. The number of benzene rings is 1. The summed E-state index contributed by atoms with van der Waals surface area (Å²) in [4.78, 5) is 25.8. The summed E-state index contributed by atoms with van der Waals surface area (Å²) in [6.07, 6.45) is 6.13. The molecular weight excluding hydrogens is 418 g/mol. The van der Waals surface area contributed by atoms with Gasteiger partial charge in [0.1, 0.15) is 6.10 Å². The van der Waals surface area contributed by atoms with Crippen LogP contribution < -0.4 is 0 Å². The van der Waals surface area contributed by atoms with Crippen LogP contribution in [0.2, 0.25) is 0 Å². The Morgan fingerprint density at radius 1 is 1.06 bits per heavy atom. The minimum Gasteiger partial charge on any atom is -0.481 e. The summed E-state index contributed by atoms with van der Waals surface area (Å²) >= 11 is 0. The molecule has 178 valence electrons. The summed E-state index contributed by atoms with van der Waals surface area (Å²) in [6.45, 7) is 6.35. The summed E-state index contributed by atoms with van der Waals surface area (Å²) in [5, 5.41) is 23.9. The minimum absolute atomic E-state index is 0.0204. The molecule has 0 radical (unpaired) electrons. The molecule has 0 heterocycles. The molecule has 6 heteroatoms. The number of carbonyl (C=O) groups excluding carboxylic acids is 1. The largest absolute Gasteiger partial charge is 0.481 e. The molecule has 1 aromatic rings. The Morgan fingerprint density at radius 3 is 2.45 bits per heavy atom. The predicted molar refractivity (Wildman–Crippen MR) is 123 cm³/mol. The number of carboxylic acids is 1. The van der Waals surface area contributed by atoms with Crippen molar-refractivity contribution in [3.05, 3.63) is 35.9 Å². The number of hydrogen-bond donors (Lipinski definition) is 2. The number of carbonyl (C=O) groups is 2. The highest BCUT2D eigenvalue weighted by Crippen LogP contribution is 2.76. The van der Waals surface area contributed by atoms with Crippen molar-refractivity contribution in [2.75, 3.05) is 0 Å². The van der Waals surface area contributed by atoms with Crippen molar-refractivity contribution in [2.45, 2.75) is 78.2 Å². The minimum atomic E-state index is -0.946. The molecule has 6 nitrogen and oxygen atoms in total. The Kier molecular flexibility index (Phi) is 4.97. The first-order valence-corrected chi connectivity index (χ1v) is 12.3. The summed E-state index contributed by atoms with van der Waals surface area (Å²) in [7, 11) is 0. The first-order chi connectivity index (χ1) is 15.6. The van der Waals surface area contributed by atoms with E-state index in [9.17, 15) is 19.9 Å². The predicted octanol–water partition coefficient (Wildman–Crippen LogP) is 5.54. The van der Waals surface area contributed by atoms with Gasteiger partial charge in [-0.15, -0.1) is 0 Å². The number of nitrogens with zero attached hydrogens (tertiary/aromatic N) is 1. The number of oxime groups is 1. The number of esters is 1. The zero-order valence-electron chi connectivity index (χ0n) is 19.8. The van der Waals surface area contributed by atoms with Crippen LogP contribution >= 0.6 is 0 Å². The lowest BCUT2D eigenvalue weighted by atomic mass is 9.37. The molecule has 4 saturated carbocycles. The summed E-state index contributed by atoms with van der Waals surface area (Å²) in [5.41, 5.74) is -0.0216. The second-order valence-corrected chi connectivity index (χ2v) is 11.9. The standard InChI is InChI=1S/C27H35NO5/c1-24-12-13-27(16-24)18(15-20(24)28-32)14-19(33-22(29)17-8-5-4-6-9-17)21-25(2,23(30)31)10-7-11-26(21,27)3/h4-6,8-9,18-19,21,32H,7,10-16H2,1-3H3,(H,30,31)/b28-20-/t18-,19+,21-,24+,25+,26-,27-/m0/s1. The third kappa shape index (κ3) is 2.95. The maximum Gasteiger partial charge on any atom is 0.338 e. The first-order valence-electron chi connectivity index (χ1n) is 12.3. The molecule has 0 saturated heterocycles. The molecule has 4 aliphatic rings. The zero-order valence-corrected chi connectivity index (χ0v) is 19.8. The van der Waals surface area contributed by atoms with E-state index in [1.165, 1.54) is 0 Å². The van der Waals surface area contributed by atoms with Gasteiger partial charge in [-0.3, -0.25) is 4.79 Å².